The molecule has 0 radical (unpaired) electrons. The molecular weight excluding hydrogens is 490 g/mol. The minimum Gasteiger partial charge on any atom is -0.383 e. The largest absolute Gasteiger partial charge is 0.383 e. The van der Waals surface area contributed by atoms with Crippen LogP contribution < -0.4 is 15.5 Å². The second-order valence-electron chi connectivity index (χ2n) is 9.14. The van der Waals surface area contributed by atoms with E-state index in [2.05, 4.69) is 26.7 Å². The van der Waals surface area contributed by atoms with Gasteiger partial charge in [-0.05, 0) is 37.3 Å². The Morgan fingerprint density at radius 1 is 1.37 bits per heavy atom. The van der Waals surface area contributed by atoms with Crippen LogP contribution in [0.15, 0.2) is 18.3 Å². The number of pyridine rings is 2. The third-order valence-corrected chi connectivity index (χ3v) is 6.50. The lowest BCUT2D eigenvalue weighted by Crippen LogP contribution is -2.40. The molecule has 2 aromatic heterocycles. The Bertz CT molecular complexity index is 1210. The molecule has 1 fully saturated rings. The highest BCUT2D eigenvalue weighted by Gasteiger charge is 2.27. The van der Waals surface area contributed by atoms with Crippen molar-refractivity contribution in [3.8, 4) is 6.07 Å². The Labute approximate surface area is 220 Å². The first-order valence-corrected chi connectivity index (χ1v) is 12.6. The molecule has 0 aromatic carbocycles. The number of urea groups is 1. The zero-order valence-electron chi connectivity index (χ0n) is 21.3. The van der Waals surface area contributed by atoms with Crippen LogP contribution in [0.5, 0.6) is 0 Å². The van der Waals surface area contributed by atoms with Crippen LogP contribution in [0.2, 0.25) is 0 Å². The Balaban J connectivity index is 1.51. The van der Waals surface area contributed by atoms with E-state index in [0.29, 0.717) is 74.6 Å². The molecule has 12 heteroatoms. The molecule has 4 heterocycles. The Kier molecular flexibility index (Phi) is 9.18. The number of rotatable bonds is 11. The van der Waals surface area contributed by atoms with Crippen molar-refractivity contribution >= 4 is 36.1 Å². The molecule has 2 aliphatic rings. The van der Waals surface area contributed by atoms with Gasteiger partial charge in [0.05, 0.1) is 24.0 Å². The number of aldehydes is 1. The van der Waals surface area contributed by atoms with Gasteiger partial charge in [-0.15, -0.1) is 0 Å². The number of aromatic nitrogens is 2. The second kappa shape index (κ2) is 12.9. The third-order valence-electron chi connectivity index (χ3n) is 6.50. The summed E-state index contributed by atoms with van der Waals surface area (Å²) in [6, 6.07) is 5.07. The summed E-state index contributed by atoms with van der Waals surface area (Å²) in [7, 11) is 1.58. The number of nitrogens with one attached hydrogen (secondary N) is 2. The molecule has 4 rings (SSSR count). The van der Waals surface area contributed by atoms with E-state index in [1.165, 1.54) is 11.1 Å². The summed E-state index contributed by atoms with van der Waals surface area (Å²) >= 11 is 0. The van der Waals surface area contributed by atoms with Crippen molar-refractivity contribution in [2.24, 2.45) is 0 Å². The highest BCUT2D eigenvalue weighted by Crippen LogP contribution is 2.29. The fraction of sp³-hybridized carbons (Fsp3) is 0.462. The van der Waals surface area contributed by atoms with Gasteiger partial charge in [0.15, 0.2) is 6.29 Å². The van der Waals surface area contributed by atoms with E-state index in [4.69, 9.17) is 9.47 Å². The van der Waals surface area contributed by atoms with Crippen molar-refractivity contribution in [2.45, 2.75) is 38.3 Å². The van der Waals surface area contributed by atoms with E-state index in [0.717, 1.165) is 24.8 Å². The standard InChI is InChI=1S/C26H31N7O5/c1-37-9-6-28-22-11-24(29-13-20(22)12-27)31-26(36)33-7-2-4-18-10-19(23(16-34)30-25(18)33)14-32(17-35)15-21-5-3-8-38-21/h10-11,13,16-17,21H,2-9,14-15H2,1H3,(H2,28,29,31,36)/t21-/m1/s1. The van der Waals surface area contributed by atoms with E-state index in [1.807, 2.05) is 6.07 Å². The Morgan fingerprint density at radius 2 is 2.24 bits per heavy atom. The van der Waals surface area contributed by atoms with Gasteiger partial charge in [-0.1, -0.05) is 0 Å². The lowest BCUT2D eigenvalue weighted by molar-refractivity contribution is -0.120. The van der Waals surface area contributed by atoms with Crippen molar-refractivity contribution in [3.05, 3.63) is 40.7 Å². The van der Waals surface area contributed by atoms with Crippen LogP contribution in [0.1, 0.15) is 46.4 Å². The van der Waals surface area contributed by atoms with E-state index < -0.39 is 6.03 Å². The van der Waals surface area contributed by atoms with Crippen LogP contribution in [-0.4, -0.2) is 79.7 Å². The maximum Gasteiger partial charge on any atom is 0.328 e. The van der Waals surface area contributed by atoms with Gasteiger partial charge in [0.25, 0.3) is 0 Å². The fourth-order valence-corrected chi connectivity index (χ4v) is 4.62. The fourth-order valence-electron chi connectivity index (χ4n) is 4.62. The number of nitriles is 1. The molecule has 2 aliphatic heterocycles. The van der Waals surface area contributed by atoms with E-state index in [1.54, 1.807) is 18.1 Å². The predicted molar refractivity (Wildman–Crippen MR) is 139 cm³/mol. The van der Waals surface area contributed by atoms with Crippen LogP contribution in [0.25, 0.3) is 0 Å². The van der Waals surface area contributed by atoms with Crippen LogP contribution in [-0.2, 0) is 27.2 Å². The highest BCUT2D eigenvalue weighted by molar-refractivity contribution is 6.01. The van der Waals surface area contributed by atoms with E-state index >= 15 is 0 Å². The number of carbonyl (C=O) groups is 3. The highest BCUT2D eigenvalue weighted by atomic mass is 16.5. The summed E-state index contributed by atoms with van der Waals surface area (Å²) in [6.45, 7) is 2.73. The van der Waals surface area contributed by atoms with Crippen molar-refractivity contribution in [2.75, 3.05) is 55.5 Å². The number of fused-ring (bicyclic) bond motifs is 1. The molecule has 2 aromatic rings. The summed E-state index contributed by atoms with van der Waals surface area (Å²) in [6.07, 6.45) is 6.06. The molecule has 1 saturated heterocycles. The smallest absolute Gasteiger partial charge is 0.328 e. The van der Waals surface area contributed by atoms with Crippen molar-refractivity contribution in [1.82, 2.24) is 14.9 Å². The molecule has 0 spiro atoms. The molecule has 38 heavy (non-hydrogen) atoms. The third kappa shape index (κ3) is 6.42. The van der Waals surface area contributed by atoms with Crippen LogP contribution >= 0.6 is 0 Å². The van der Waals surface area contributed by atoms with Gasteiger partial charge in [0.2, 0.25) is 6.41 Å². The van der Waals surface area contributed by atoms with Gasteiger partial charge in [-0.2, -0.15) is 5.26 Å². The van der Waals surface area contributed by atoms with Crippen LogP contribution in [0.4, 0.5) is 22.1 Å². The molecule has 0 aliphatic carbocycles. The molecule has 1 atom stereocenters. The van der Waals surface area contributed by atoms with Gasteiger partial charge < -0.3 is 19.7 Å². The summed E-state index contributed by atoms with van der Waals surface area (Å²) in [5.74, 6) is 0.674. The zero-order chi connectivity index (χ0) is 26.9. The van der Waals surface area contributed by atoms with Gasteiger partial charge in [-0.25, -0.2) is 14.8 Å². The molecule has 3 amide bonds. The number of ether oxygens (including phenoxy) is 2. The number of hydrogen-bond acceptors (Lipinski definition) is 9. The minimum absolute atomic E-state index is 0.00353. The molecule has 2 N–H and O–H groups in total. The predicted octanol–water partition coefficient (Wildman–Crippen LogP) is 2.34. The molecule has 0 bridgehead atoms. The lowest BCUT2D eigenvalue weighted by Gasteiger charge is -2.29. The van der Waals surface area contributed by atoms with E-state index in [9.17, 15) is 19.6 Å². The van der Waals surface area contributed by atoms with Crippen LogP contribution in [0, 0.1) is 11.3 Å². The summed E-state index contributed by atoms with van der Waals surface area (Å²) in [5.41, 5.74) is 2.51. The van der Waals surface area contributed by atoms with Gasteiger partial charge in [-0.3, -0.25) is 19.8 Å². The van der Waals surface area contributed by atoms with Crippen molar-refractivity contribution < 1.29 is 23.9 Å². The SMILES string of the molecule is COCCNc1cc(NC(=O)N2CCCc3cc(CN(C=O)C[C@H]4CCCO4)c(C=O)nc32)ncc1C#N. The topological polar surface area (TPSA) is 150 Å². The number of carbonyl (C=O) groups excluding carboxylic acids is 3. The number of amides is 3. The molecule has 0 unspecified atom stereocenters. The number of anilines is 3. The Morgan fingerprint density at radius 3 is 2.95 bits per heavy atom. The first-order chi connectivity index (χ1) is 18.6. The maximum atomic E-state index is 13.2. The summed E-state index contributed by atoms with van der Waals surface area (Å²) in [4.78, 5) is 48.7. The number of methoxy groups -OCH3 is 1. The normalized spacial score (nSPS) is 16.3. The summed E-state index contributed by atoms with van der Waals surface area (Å²) < 4.78 is 10.7. The number of aryl methyl sites for hydroxylation is 1. The monoisotopic (exact) mass is 521 g/mol. The molecular formula is C26H31N7O5. The Hall–Kier alpha value is -4.08. The second-order valence-corrected chi connectivity index (χ2v) is 9.14. The molecule has 12 nitrogen and oxygen atoms in total. The average molecular weight is 522 g/mol. The van der Waals surface area contributed by atoms with Crippen molar-refractivity contribution in [3.63, 3.8) is 0 Å². The van der Waals surface area contributed by atoms with Gasteiger partial charge in [0, 0.05) is 57.7 Å². The summed E-state index contributed by atoms with van der Waals surface area (Å²) in [5, 5.41) is 15.2. The minimum atomic E-state index is -0.448. The average Bonchev–Trinajstić information content (AvgIpc) is 3.45. The van der Waals surface area contributed by atoms with Gasteiger partial charge >= 0.3 is 6.03 Å². The van der Waals surface area contributed by atoms with Crippen LogP contribution in [0.3, 0.4) is 0 Å². The quantitative estimate of drug-likeness (QED) is 0.335. The lowest BCUT2D eigenvalue weighted by atomic mass is 10.0. The maximum absolute atomic E-state index is 13.2. The zero-order valence-corrected chi connectivity index (χ0v) is 21.3. The molecule has 0 saturated carbocycles. The first-order valence-electron chi connectivity index (χ1n) is 12.6. The number of nitrogens with zero attached hydrogens (tertiary/aromatic N) is 5. The molecule has 200 valence electrons. The number of hydrogen-bond donors (Lipinski definition) is 2. The van der Waals surface area contributed by atoms with Crippen molar-refractivity contribution in [1.29, 1.82) is 5.26 Å². The van der Waals surface area contributed by atoms with E-state index in [-0.39, 0.29) is 24.2 Å². The first kappa shape index (κ1) is 27.0. The van der Waals surface area contributed by atoms with Gasteiger partial charge in [0.1, 0.15) is 23.4 Å².